The number of thiophene rings is 1. The minimum atomic E-state index is -0.297. The molecule has 2 aromatic rings. The molecule has 1 unspecified atom stereocenters. The number of carbonyl (C=O) groups excluding carboxylic acids is 1. The number of rotatable bonds is 10. The maximum Gasteiger partial charge on any atom is 0.224 e. The summed E-state index contributed by atoms with van der Waals surface area (Å²) in [6.07, 6.45) is 2.75. The first-order valence-electron chi connectivity index (χ1n) is 11.0. The molecule has 1 aromatic carbocycles. The molecule has 2 heterocycles. The first-order valence-corrected chi connectivity index (χ1v) is 11.8. The molecule has 0 bridgehead atoms. The van der Waals surface area contributed by atoms with Crippen LogP contribution >= 0.6 is 11.3 Å². The Kier molecular flexibility index (Phi) is 9.30. The van der Waals surface area contributed by atoms with E-state index < -0.39 is 0 Å². The molecule has 0 spiro atoms. The molecule has 8 heteroatoms. The number of likely N-dealkylation sites (tertiary alicyclic amines) is 1. The molecule has 0 aliphatic carbocycles. The normalized spacial score (nSPS) is 15.6. The highest BCUT2D eigenvalue weighted by Crippen LogP contribution is 2.28. The summed E-state index contributed by atoms with van der Waals surface area (Å²) in [5.74, 6) is 0.382. The Bertz CT molecular complexity index is 819. The van der Waals surface area contributed by atoms with Crippen LogP contribution in [0.4, 0.5) is 4.39 Å². The lowest BCUT2D eigenvalue weighted by Gasteiger charge is -2.25. The van der Waals surface area contributed by atoms with Gasteiger partial charge in [0.05, 0.1) is 19.0 Å². The average molecular weight is 446 g/mol. The quantitative estimate of drug-likeness (QED) is 0.299. The molecule has 1 aromatic heterocycles. The van der Waals surface area contributed by atoms with Crippen LogP contribution in [-0.2, 0) is 11.2 Å². The van der Waals surface area contributed by atoms with Gasteiger partial charge in [0, 0.05) is 24.5 Å². The molecule has 1 aliphatic rings. The van der Waals surface area contributed by atoms with Crippen molar-refractivity contribution in [3.8, 4) is 0 Å². The number of nitrogens with one attached hydrogen (secondary N) is 3. The third-order valence-corrected chi connectivity index (χ3v) is 6.21. The number of guanidine groups is 1. The van der Waals surface area contributed by atoms with Crippen molar-refractivity contribution < 1.29 is 9.18 Å². The maximum absolute atomic E-state index is 13.0. The summed E-state index contributed by atoms with van der Waals surface area (Å²) in [6, 6.07) is 10.6. The second kappa shape index (κ2) is 12.4. The third-order valence-electron chi connectivity index (χ3n) is 5.24. The van der Waals surface area contributed by atoms with E-state index in [4.69, 9.17) is 4.99 Å². The van der Waals surface area contributed by atoms with Crippen LogP contribution in [0, 0.1) is 5.82 Å². The summed E-state index contributed by atoms with van der Waals surface area (Å²) in [6.45, 7) is 6.84. The number of amides is 1. The van der Waals surface area contributed by atoms with Gasteiger partial charge in [0.15, 0.2) is 5.96 Å². The van der Waals surface area contributed by atoms with Gasteiger partial charge in [-0.25, -0.2) is 4.39 Å². The minimum absolute atomic E-state index is 0.0814. The second-order valence-electron chi connectivity index (χ2n) is 7.57. The molecule has 1 amide bonds. The van der Waals surface area contributed by atoms with Crippen molar-refractivity contribution >= 4 is 23.2 Å². The van der Waals surface area contributed by atoms with Crippen LogP contribution in [0.25, 0.3) is 0 Å². The van der Waals surface area contributed by atoms with E-state index in [9.17, 15) is 9.18 Å². The van der Waals surface area contributed by atoms with Gasteiger partial charge in [0.2, 0.25) is 5.91 Å². The first kappa shape index (κ1) is 23.2. The molecule has 1 fully saturated rings. The molecule has 3 N–H and O–H groups in total. The lowest BCUT2D eigenvalue weighted by molar-refractivity contribution is -0.120. The summed E-state index contributed by atoms with van der Waals surface area (Å²) < 4.78 is 13.0. The number of halogens is 1. The Morgan fingerprint density at radius 1 is 1.13 bits per heavy atom. The van der Waals surface area contributed by atoms with Crippen molar-refractivity contribution in [3.05, 3.63) is 58.0 Å². The topological polar surface area (TPSA) is 68.8 Å². The van der Waals surface area contributed by atoms with Crippen molar-refractivity contribution in [3.63, 3.8) is 0 Å². The predicted octanol–water partition coefficient (Wildman–Crippen LogP) is 2.94. The highest BCUT2D eigenvalue weighted by Gasteiger charge is 2.24. The summed E-state index contributed by atoms with van der Waals surface area (Å²) in [5.41, 5.74) is 0.795. The van der Waals surface area contributed by atoms with E-state index in [1.807, 2.05) is 6.92 Å². The van der Waals surface area contributed by atoms with Gasteiger partial charge in [-0.1, -0.05) is 18.2 Å². The molecule has 1 aliphatic heterocycles. The lowest BCUT2D eigenvalue weighted by Crippen LogP contribution is -2.42. The number of benzene rings is 1. The zero-order valence-electron chi connectivity index (χ0n) is 18.1. The Balaban J connectivity index is 1.46. The minimum Gasteiger partial charge on any atom is -0.357 e. The molecule has 31 heavy (non-hydrogen) atoms. The lowest BCUT2D eigenvalue weighted by atomic mass is 10.1. The van der Waals surface area contributed by atoms with Crippen LogP contribution in [0.15, 0.2) is 46.8 Å². The van der Waals surface area contributed by atoms with E-state index in [-0.39, 0.29) is 18.1 Å². The third kappa shape index (κ3) is 7.63. The van der Waals surface area contributed by atoms with Gasteiger partial charge >= 0.3 is 0 Å². The summed E-state index contributed by atoms with van der Waals surface area (Å²) in [4.78, 5) is 20.8. The van der Waals surface area contributed by atoms with Crippen LogP contribution in [0.1, 0.15) is 36.2 Å². The van der Waals surface area contributed by atoms with Gasteiger partial charge in [-0.05, 0) is 62.0 Å². The smallest absolute Gasteiger partial charge is 0.224 e. The predicted molar refractivity (Wildman–Crippen MR) is 125 cm³/mol. The largest absolute Gasteiger partial charge is 0.357 e. The molecule has 1 atom stereocenters. The Morgan fingerprint density at radius 2 is 1.87 bits per heavy atom. The average Bonchev–Trinajstić information content (AvgIpc) is 3.48. The fourth-order valence-electron chi connectivity index (χ4n) is 3.67. The number of hydrogen-bond acceptors (Lipinski definition) is 4. The first-order chi connectivity index (χ1) is 15.2. The summed E-state index contributed by atoms with van der Waals surface area (Å²) in [7, 11) is 0. The molecule has 0 radical (unpaired) electrons. The van der Waals surface area contributed by atoms with E-state index in [2.05, 4.69) is 38.4 Å². The van der Waals surface area contributed by atoms with E-state index in [0.717, 1.165) is 31.2 Å². The fraction of sp³-hybridized carbons (Fsp3) is 0.478. The van der Waals surface area contributed by atoms with Crippen molar-refractivity contribution in [2.75, 3.05) is 39.3 Å². The maximum atomic E-state index is 13.0. The van der Waals surface area contributed by atoms with Gasteiger partial charge in [0.1, 0.15) is 5.82 Å². The number of carbonyl (C=O) groups is 1. The zero-order valence-corrected chi connectivity index (χ0v) is 18.9. The van der Waals surface area contributed by atoms with E-state index in [1.54, 1.807) is 23.5 Å². The van der Waals surface area contributed by atoms with Gasteiger partial charge in [-0.2, -0.15) is 0 Å². The van der Waals surface area contributed by atoms with Gasteiger partial charge < -0.3 is 16.0 Å². The number of aliphatic imine (C=N–C) groups is 1. The Labute approximate surface area is 187 Å². The Morgan fingerprint density at radius 3 is 2.55 bits per heavy atom. The van der Waals surface area contributed by atoms with E-state index >= 15 is 0 Å². The monoisotopic (exact) mass is 445 g/mol. The van der Waals surface area contributed by atoms with Crippen molar-refractivity contribution in [1.29, 1.82) is 0 Å². The molecular formula is C23H32FN5OS. The standard InChI is InChI=1S/C23H32FN5OS/c1-2-25-23(27-12-11-26-22(30)16-18-7-9-19(24)10-8-18)28-17-20(21-6-5-15-31-21)29-13-3-4-14-29/h5-10,15,20H,2-4,11-14,16-17H2,1H3,(H,26,30)(H2,25,27,28). The second-order valence-corrected chi connectivity index (χ2v) is 8.55. The SMILES string of the molecule is CCNC(=NCC(c1cccs1)N1CCCC1)NCCNC(=O)Cc1ccc(F)cc1. The van der Waals surface area contributed by atoms with E-state index in [1.165, 1.54) is 29.9 Å². The van der Waals surface area contributed by atoms with Crippen LogP contribution in [0.3, 0.4) is 0 Å². The molecule has 0 saturated carbocycles. The summed E-state index contributed by atoms with van der Waals surface area (Å²) in [5, 5.41) is 11.6. The molecule has 1 saturated heterocycles. The Hall–Kier alpha value is -2.45. The number of hydrogen-bond donors (Lipinski definition) is 3. The number of nitrogens with zero attached hydrogens (tertiary/aromatic N) is 2. The van der Waals surface area contributed by atoms with E-state index in [0.29, 0.717) is 25.7 Å². The molecule has 3 rings (SSSR count). The summed E-state index contributed by atoms with van der Waals surface area (Å²) >= 11 is 1.79. The van der Waals surface area contributed by atoms with Crippen molar-refractivity contribution in [2.45, 2.75) is 32.2 Å². The fourth-order valence-corrected chi connectivity index (χ4v) is 4.52. The molecule has 168 valence electrons. The van der Waals surface area contributed by atoms with Crippen molar-refractivity contribution in [2.24, 2.45) is 4.99 Å². The van der Waals surface area contributed by atoms with Gasteiger partial charge in [-0.3, -0.25) is 14.7 Å². The highest BCUT2D eigenvalue weighted by molar-refractivity contribution is 7.10. The molecule has 6 nitrogen and oxygen atoms in total. The van der Waals surface area contributed by atoms with Crippen LogP contribution in [0.5, 0.6) is 0 Å². The molecular weight excluding hydrogens is 413 g/mol. The van der Waals surface area contributed by atoms with Crippen LogP contribution in [-0.4, -0.2) is 56.0 Å². The van der Waals surface area contributed by atoms with Crippen LogP contribution < -0.4 is 16.0 Å². The highest BCUT2D eigenvalue weighted by atomic mass is 32.1. The van der Waals surface area contributed by atoms with Crippen molar-refractivity contribution in [1.82, 2.24) is 20.9 Å². The van der Waals surface area contributed by atoms with Gasteiger partial charge in [-0.15, -0.1) is 11.3 Å². The van der Waals surface area contributed by atoms with Gasteiger partial charge in [0.25, 0.3) is 0 Å². The zero-order chi connectivity index (χ0) is 21.9. The van der Waals surface area contributed by atoms with Crippen LogP contribution in [0.2, 0.25) is 0 Å².